The average Bonchev–Trinajstić information content (AvgIpc) is 3.00. The van der Waals surface area contributed by atoms with Crippen LogP contribution in [0.1, 0.15) is 21.7 Å². The van der Waals surface area contributed by atoms with E-state index in [4.69, 9.17) is 0 Å². The van der Waals surface area contributed by atoms with Crippen molar-refractivity contribution in [1.29, 1.82) is 0 Å². The molecule has 1 heterocycles. The lowest BCUT2D eigenvalue weighted by molar-refractivity contribution is 0.591. The number of sulfone groups is 1. The Morgan fingerprint density at radius 1 is 1.12 bits per heavy atom. The van der Waals surface area contributed by atoms with Gasteiger partial charge in [-0.2, -0.15) is 0 Å². The predicted molar refractivity (Wildman–Crippen MR) is 121 cm³/mol. The van der Waals surface area contributed by atoms with Crippen molar-refractivity contribution in [2.24, 2.45) is 4.99 Å². The lowest BCUT2D eigenvalue weighted by Crippen LogP contribution is -2.37. The van der Waals surface area contributed by atoms with Crippen LogP contribution in [-0.4, -0.2) is 33.7 Å². The van der Waals surface area contributed by atoms with Gasteiger partial charge in [-0.25, -0.2) is 8.42 Å². The fourth-order valence-corrected chi connectivity index (χ4v) is 4.63. The standard InChI is InChI=1S/C18H25N3O2S2.HI/c1-15-9-10-17(24-15)13-21-18(19-2)20-11-6-12-25(22,23)14-16-7-4-3-5-8-16;/h3-5,7-10H,6,11-14H2,1-2H3,(H2,19,20,21);1H. The summed E-state index contributed by atoms with van der Waals surface area (Å²) in [7, 11) is -1.38. The third-order valence-electron chi connectivity index (χ3n) is 3.60. The normalized spacial score (nSPS) is 11.7. The first kappa shape index (κ1) is 22.9. The van der Waals surface area contributed by atoms with Gasteiger partial charge in [0, 0.05) is 23.3 Å². The van der Waals surface area contributed by atoms with E-state index in [1.54, 1.807) is 18.4 Å². The molecule has 0 atom stereocenters. The molecule has 0 aliphatic rings. The summed E-state index contributed by atoms with van der Waals surface area (Å²) in [5.41, 5.74) is 0.833. The first-order valence-electron chi connectivity index (χ1n) is 8.23. The molecule has 0 aliphatic heterocycles. The molecule has 8 heteroatoms. The number of benzene rings is 1. The number of hydrogen-bond acceptors (Lipinski definition) is 4. The van der Waals surface area contributed by atoms with Gasteiger partial charge in [0.15, 0.2) is 15.8 Å². The van der Waals surface area contributed by atoms with Crippen molar-refractivity contribution in [3.8, 4) is 0 Å². The van der Waals surface area contributed by atoms with E-state index in [0.29, 0.717) is 25.5 Å². The molecule has 0 spiro atoms. The summed E-state index contributed by atoms with van der Waals surface area (Å²) in [4.78, 5) is 6.68. The van der Waals surface area contributed by atoms with Crippen LogP contribution in [0, 0.1) is 6.92 Å². The van der Waals surface area contributed by atoms with Gasteiger partial charge in [0.1, 0.15) is 0 Å². The number of guanidine groups is 1. The van der Waals surface area contributed by atoms with Gasteiger partial charge in [-0.15, -0.1) is 35.3 Å². The molecule has 0 fully saturated rings. The van der Waals surface area contributed by atoms with E-state index in [-0.39, 0.29) is 35.5 Å². The molecule has 1 aromatic carbocycles. The third-order valence-corrected chi connectivity index (χ3v) is 6.29. The summed E-state index contributed by atoms with van der Waals surface area (Å²) in [5.74, 6) is 0.945. The van der Waals surface area contributed by atoms with Crippen molar-refractivity contribution in [3.63, 3.8) is 0 Å². The summed E-state index contributed by atoms with van der Waals surface area (Å²) < 4.78 is 24.3. The largest absolute Gasteiger partial charge is 0.356 e. The summed E-state index contributed by atoms with van der Waals surface area (Å²) >= 11 is 1.75. The Bertz CT molecular complexity index is 790. The molecule has 0 unspecified atom stereocenters. The van der Waals surface area contributed by atoms with E-state index >= 15 is 0 Å². The maximum atomic E-state index is 12.2. The second-order valence-corrected chi connectivity index (χ2v) is 9.35. The minimum Gasteiger partial charge on any atom is -0.356 e. The van der Waals surface area contributed by atoms with Gasteiger partial charge < -0.3 is 10.6 Å². The topological polar surface area (TPSA) is 70.6 Å². The van der Waals surface area contributed by atoms with E-state index in [2.05, 4.69) is 34.7 Å². The molecular formula is C18H26IN3O2S2. The SMILES string of the molecule is CN=C(NCCCS(=O)(=O)Cc1ccccc1)NCc1ccc(C)s1.I. The van der Waals surface area contributed by atoms with Gasteiger partial charge in [0.2, 0.25) is 0 Å². The zero-order chi connectivity index (χ0) is 18.1. The van der Waals surface area contributed by atoms with Crippen molar-refractivity contribution < 1.29 is 8.42 Å². The molecule has 1 aromatic heterocycles. The van der Waals surface area contributed by atoms with Gasteiger partial charge in [-0.1, -0.05) is 30.3 Å². The molecule has 144 valence electrons. The van der Waals surface area contributed by atoms with E-state index < -0.39 is 9.84 Å². The lowest BCUT2D eigenvalue weighted by Gasteiger charge is -2.11. The third kappa shape index (κ3) is 8.50. The Morgan fingerprint density at radius 2 is 1.85 bits per heavy atom. The average molecular weight is 507 g/mol. The predicted octanol–water partition coefficient (Wildman–Crippen LogP) is 3.34. The molecule has 0 bridgehead atoms. The number of nitrogens with one attached hydrogen (secondary N) is 2. The quantitative estimate of drug-likeness (QED) is 0.249. The van der Waals surface area contributed by atoms with Crippen LogP contribution < -0.4 is 10.6 Å². The summed E-state index contributed by atoms with van der Waals surface area (Å²) in [6, 6.07) is 13.5. The zero-order valence-electron chi connectivity index (χ0n) is 15.1. The Kier molecular flexibility index (Phi) is 10.2. The number of halogens is 1. The Balaban J connectivity index is 0.00000338. The highest BCUT2D eigenvalue weighted by atomic mass is 127. The van der Waals surface area contributed by atoms with Gasteiger partial charge in [0.05, 0.1) is 18.1 Å². The number of aryl methyl sites for hydroxylation is 1. The maximum Gasteiger partial charge on any atom is 0.191 e. The summed E-state index contributed by atoms with van der Waals surface area (Å²) in [5, 5.41) is 6.40. The Morgan fingerprint density at radius 3 is 2.46 bits per heavy atom. The molecule has 0 saturated heterocycles. The van der Waals surface area contributed by atoms with E-state index in [0.717, 1.165) is 5.56 Å². The monoisotopic (exact) mass is 507 g/mol. The van der Waals surface area contributed by atoms with Crippen LogP contribution in [0.2, 0.25) is 0 Å². The molecular weight excluding hydrogens is 481 g/mol. The Labute approximate surface area is 177 Å². The van der Waals surface area contributed by atoms with Gasteiger partial charge in [-0.3, -0.25) is 4.99 Å². The van der Waals surface area contributed by atoms with Gasteiger partial charge >= 0.3 is 0 Å². The van der Waals surface area contributed by atoms with Crippen LogP contribution in [0.4, 0.5) is 0 Å². The van der Waals surface area contributed by atoms with Crippen LogP contribution in [0.5, 0.6) is 0 Å². The fraction of sp³-hybridized carbons (Fsp3) is 0.389. The van der Waals surface area contributed by atoms with Crippen LogP contribution in [0.15, 0.2) is 47.5 Å². The number of hydrogen-bond donors (Lipinski definition) is 2. The zero-order valence-corrected chi connectivity index (χ0v) is 19.0. The first-order valence-corrected chi connectivity index (χ1v) is 10.9. The number of aliphatic imine (C=N–C) groups is 1. The molecule has 0 radical (unpaired) electrons. The second-order valence-electron chi connectivity index (χ2n) is 5.80. The minimum atomic E-state index is -3.09. The van der Waals surface area contributed by atoms with Crippen molar-refractivity contribution in [2.45, 2.75) is 25.6 Å². The van der Waals surface area contributed by atoms with Crippen LogP contribution in [-0.2, 0) is 22.1 Å². The van der Waals surface area contributed by atoms with Crippen molar-refractivity contribution in [2.75, 3.05) is 19.3 Å². The number of thiophene rings is 1. The van der Waals surface area contributed by atoms with E-state index in [9.17, 15) is 8.42 Å². The number of nitrogens with zero attached hydrogens (tertiary/aromatic N) is 1. The van der Waals surface area contributed by atoms with E-state index in [1.807, 2.05) is 30.3 Å². The molecule has 26 heavy (non-hydrogen) atoms. The van der Waals surface area contributed by atoms with Crippen molar-refractivity contribution in [3.05, 3.63) is 57.8 Å². The second kappa shape index (κ2) is 11.6. The molecule has 0 aliphatic carbocycles. The maximum absolute atomic E-state index is 12.2. The molecule has 2 rings (SSSR count). The van der Waals surface area contributed by atoms with Crippen LogP contribution >= 0.6 is 35.3 Å². The van der Waals surface area contributed by atoms with Crippen molar-refractivity contribution >= 4 is 51.1 Å². The van der Waals surface area contributed by atoms with Gasteiger partial charge in [0.25, 0.3) is 0 Å². The fourth-order valence-electron chi connectivity index (χ4n) is 2.37. The van der Waals surface area contributed by atoms with E-state index in [1.165, 1.54) is 9.75 Å². The summed E-state index contributed by atoms with van der Waals surface area (Å²) in [6.07, 6.45) is 0.550. The first-order chi connectivity index (χ1) is 12.0. The molecule has 2 aromatic rings. The lowest BCUT2D eigenvalue weighted by atomic mass is 10.2. The molecule has 5 nitrogen and oxygen atoms in total. The minimum absolute atomic E-state index is 0. The molecule has 2 N–H and O–H groups in total. The molecule has 0 amide bonds. The highest BCUT2D eigenvalue weighted by molar-refractivity contribution is 14.0. The Hall–Kier alpha value is -1.13. The smallest absolute Gasteiger partial charge is 0.191 e. The highest BCUT2D eigenvalue weighted by Crippen LogP contribution is 2.14. The van der Waals surface area contributed by atoms with Crippen LogP contribution in [0.3, 0.4) is 0 Å². The molecule has 0 saturated carbocycles. The van der Waals surface area contributed by atoms with Crippen LogP contribution in [0.25, 0.3) is 0 Å². The highest BCUT2D eigenvalue weighted by Gasteiger charge is 2.11. The van der Waals surface area contributed by atoms with Gasteiger partial charge in [-0.05, 0) is 31.0 Å². The van der Waals surface area contributed by atoms with Crippen molar-refractivity contribution in [1.82, 2.24) is 10.6 Å². The summed E-state index contributed by atoms with van der Waals surface area (Å²) in [6.45, 7) is 3.36. The number of rotatable bonds is 8.